The second-order valence-corrected chi connectivity index (χ2v) is 8.51. The third-order valence-electron chi connectivity index (χ3n) is 4.30. The Morgan fingerprint density at radius 3 is 2.47 bits per heavy atom. The Kier molecular flexibility index (Phi) is 6.33. The van der Waals surface area contributed by atoms with Crippen molar-refractivity contribution in [1.82, 2.24) is 9.97 Å². The van der Waals surface area contributed by atoms with Crippen molar-refractivity contribution >= 4 is 45.3 Å². The fraction of sp³-hybridized carbons (Fsp3) is 0.0909. The van der Waals surface area contributed by atoms with Gasteiger partial charge in [-0.05, 0) is 42.5 Å². The van der Waals surface area contributed by atoms with Gasteiger partial charge in [-0.15, -0.1) is 22.7 Å². The lowest BCUT2D eigenvalue weighted by Gasteiger charge is -2.05. The van der Waals surface area contributed by atoms with Crippen molar-refractivity contribution in [3.63, 3.8) is 0 Å². The minimum atomic E-state index is -0.532. The van der Waals surface area contributed by atoms with Crippen LogP contribution in [0.25, 0.3) is 21.8 Å². The Morgan fingerprint density at radius 2 is 1.75 bits per heavy atom. The number of hydrogen-bond donors (Lipinski definition) is 2. The molecule has 2 heterocycles. The van der Waals surface area contributed by atoms with Gasteiger partial charge in [0.15, 0.2) is 5.13 Å². The van der Waals surface area contributed by atoms with Gasteiger partial charge in [-0.2, -0.15) is 0 Å². The van der Waals surface area contributed by atoms with Gasteiger partial charge in [0.05, 0.1) is 17.8 Å². The number of carbonyl (C=O) groups is 2. The number of anilines is 2. The normalized spacial score (nSPS) is 10.7. The van der Waals surface area contributed by atoms with Crippen molar-refractivity contribution in [2.45, 2.75) is 13.3 Å². The van der Waals surface area contributed by atoms with Gasteiger partial charge >= 0.3 is 0 Å². The third kappa shape index (κ3) is 5.21. The Balaban J connectivity index is 1.40. The minimum absolute atomic E-state index is 0.0480. The highest BCUT2D eigenvalue weighted by Crippen LogP contribution is 2.29. The zero-order valence-electron chi connectivity index (χ0n) is 16.7. The monoisotopic (exact) mass is 470 g/mol. The van der Waals surface area contributed by atoms with Crippen molar-refractivity contribution in [3.8, 4) is 21.8 Å². The van der Waals surface area contributed by atoms with Crippen LogP contribution >= 0.6 is 22.7 Å². The fourth-order valence-electron chi connectivity index (χ4n) is 2.90. The number of nitrogens with one attached hydrogen (secondary N) is 2. The summed E-state index contributed by atoms with van der Waals surface area (Å²) in [4.78, 5) is 32.2. The van der Waals surface area contributed by atoms with Gasteiger partial charge in [-0.3, -0.25) is 9.59 Å². The average molecular weight is 471 g/mol. The number of rotatable bonds is 6. The van der Waals surface area contributed by atoms with Crippen LogP contribution < -0.4 is 10.6 Å². The summed E-state index contributed by atoms with van der Waals surface area (Å²) in [5, 5.41) is 9.67. The molecule has 162 valence electrons. The van der Waals surface area contributed by atoms with Gasteiger partial charge in [-0.1, -0.05) is 0 Å². The second-order valence-electron chi connectivity index (χ2n) is 6.79. The number of amides is 2. The van der Waals surface area contributed by atoms with Gasteiger partial charge in [0, 0.05) is 34.5 Å². The van der Waals surface area contributed by atoms with E-state index >= 15 is 0 Å². The first-order chi connectivity index (χ1) is 15.4. The van der Waals surface area contributed by atoms with Crippen LogP contribution in [-0.2, 0) is 16.0 Å². The van der Waals surface area contributed by atoms with Gasteiger partial charge in [-0.25, -0.2) is 18.7 Å². The molecular formula is C22H16F2N4O2S2. The molecule has 2 amide bonds. The maximum absolute atomic E-state index is 14.4. The number of hydrogen-bond acceptors (Lipinski definition) is 6. The van der Waals surface area contributed by atoms with Crippen LogP contribution in [0, 0.1) is 11.6 Å². The zero-order chi connectivity index (χ0) is 22.7. The summed E-state index contributed by atoms with van der Waals surface area (Å²) in [6.45, 7) is 1.34. The Labute approximate surface area is 190 Å². The molecule has 0 atom stereocenters. The average Bonchev–Trinajstić information content (AvgIpc) is 3.38. The summed E-state index contributed by atoms with van der Waals surface area (Å²) < 4.78 is 27.5. The van der Waals surface area contributed by atoms with Gasteiger partial charge in [0.2, 0.25) is 11.8 Å². The molecule has 2 aromatic heterocycles. The molecule has 2 aromatic carbocycles. The van der Waals surface area contributed by atoms with E-state index in [0.717, 1.165) is 5.56 Å². The first kappa shape index (κ1) is 21.7. The summed E-state index contributed by atoms with van der Waals surface area (Å²) in [6, 6.07) is 10.3. The molecule has 0 unspecified atom stereocenters. The van der Waals surface area contributed by atoms with Crippen LogP contribution in [0.1, 0.15) is 12.6 Å². The molecule has 6 nitrogen and oxygen atoms in total. The molecule has 0 saturated heterocycles. The summed E-state index contributed by atoms with van der Waals surface area (Å²) >= 11 is 2.55. The van der Waals surface area contributed by atoms with E-state index in [1.807, 2.05) is 0 Å². The number of aromatic nitrogens is 2. The molecule has 0 spiro atoms. The Bertz CT molecular complexity index is 1290. The fourth-order valence-corrected chi connectivity index (χ4v) is 4.45. The molecule has 10 heteroatoms. The number of nitrogens with zero attached hydrogens (tertiary/aromatic N) is 2. The van der Waals surface area contributed by atoms with E-state index in [1.165, 1.54) is 53.9 Å². The quantitative estimate of drug-likeness (QED) is 0.398. The SMILES string of the molecule is CC(=O)Nc1ccc(-c2csc(NC(=O)Cc3csc(-c4ccc(F)cc4)n3)n2)c(F)c1. The summed E-state index contributed by atoms with van der Waals surface area (Å²) in [5.74, 6) is -1.45. The van der Waals surface area contributed by atoms with E-state index in [1.54, 1.807) is 29.0 Å². The number of benzene rings is 2. The van der Waals surface area contributed by atoms with Crippen LogP contribution in [0.15, 0.2) is 53.2 Å². The highest BCUT2D eigenvalue weighted by atomic mass is 32.1. The van der Waals surface area contributed by atoms with Crippen molar-refractivity contribution in [3.05, 3.63) is 70.6 Å². The van der Waals surface area contributed by atoms with Crippen molar-refractivity contribution in [1.29, 1.82) is 0 Å². The van der Waals surface area contributed by atoms with Crippen LogP contribution in [0.4, 0.5) is 19.6 Å². The predicted octanol–water partition coefficient (Wildman–Crippen LogP) is 5.35. The Morgan fingerprint density at radius 1 is 0.969 bits per heavy atom. The molecule has 4 aromatic rings. The van der Waals surface area contributed by atoms with Crippen LogP contribution in [0.2, 0.25) is 0 Å². The third-order valence-corrected chi connectivity index (χ3v) is 6.00. The molecule has 4 rings (SSSR count). The number of halogens is 2. The summed E-state index contributed by atoms with van der Waals surface area (Å²) in [7, 11) is 0. The molecule has 2 N–H and O–H groups in total. The van der Waals surface area contributed by atoms with E-state index < -0.39 is 5.82 Å². The minimum Gasteiger partial charge on any atom is -0.326 e. The second kappa shape index (κ2) is 9.33. The molecule has 0 radical (unpaired) electrons. The van der Waals surface area contributed by atoms with E-state index in [-0.39, 0.29) is 29.6 Å². The van der Waals surface area contributed by atoms with Gasteiger partial charge in [0.25, 0.3) is 0 Å². The lowest BCUT2D eigenvalue weighted by Crippen LogP contribution is -2.14. The smallest absolute Gasteiger partial charge is 0.232 e. The number of carbonyl (C=O) groups excluding carboxylic acids is 2. The zero-order valence-corrected chi connectivity index (χ0v) is 18.3. The molecule has 0 bridgehead atoms. The largest absolute Gasteiger partial charge is 0.326 e. The lowest BCUT2D eigenvalue weighted by atomic mass is 10.1. The maximum Gasteiger partial charge on any atom is 0.232 e. The standard InChI is InChI=1S/C22H16F2N4O2S2/c1-12(29)25-15-6-7-17(18(24)8-15)19-11-32-22(27-19)28-20(30)9-16-10-31-21(26-16)13-2-4-14(23)5-3-13/h2-8,10-11H,9H2,1H3,(H,25,29)(H,27,28,30). The molecule has 32 heavy (non-hydrogen) atoms. The predicted molar refractivity (Wildman–Crippen MR) is 122 cm³/mol. The van der Waals surface area contributed by atoms with Gasteiger partial charge in [0.1, 0.15) is 16.6 Å². The van der Waals surface area contributed by atoms with Gasteiger partial charge < -0.3 is 10.6 Å². The lowest BCUT2D eigenvalue weighted by molar-refractivity contribution is -0.116. The highest BCUT2D eigenvalue weighted by molar-refractivity contribution is 7.14. The van der Waals surface area contributed by atoms with Crippen LogP contribution in [0.3, 0.4) is 0 Å². The summed E-state index contributed by atoms with van der Waals surface area (Å²) in [5.41, 5.74) is 2.36. The van der Waals surface area contributed by atoms with E-state index in [2.05, 4.69) is 20.6 Å². The molecule has 0 aliphatic rings. The first-order valence-electron chi connectivity index (χ1n) is 9.40. The van der Waals surface area contributed by atoms with Crippen LogP contribution in [-0.4, -0.2) is 21.8 Å². The molecule has 0 fully saturated rings. The van der Waals surface area contributed by atoms with E-state index in [0.29, 0.717) is 27.2 Å². The maximum atomic E-state index is 14.4. The molecular weight excluding hydrogens is 454 g/mol. The van der Waals surface area contributed by atoms with E-state index in [4.69, 9.17) is 0 Å². The topological polar surface area (TPSA) is 84.0 Å². The molecule has 0 saturated carbocycles. The molecule has 0 aliphatic heterocycles. The number of thiazole rings is 2. The highest BCUT2D eigenvalue weighted by Gasteiger charge is 2.14. The van der Waals surface area contributed by atoms with Crippen molar-refractivity contribution < 1.29 is 18.4 Å². The van der Waals surface area contributed by atoms with E-state index in [9.17, 15) is 18.4 Å². The van der Waals surface area contributed by atoms with Crippen molar-refractivity contribution in [2.24, 2.45) is 0 Å². The Hall–Kier alpha value is -3.50. The summed E-state index contributed by atoms with van der Waals surface area (Å²) in [6.07, 6.45) is 0.0480. The first-order valence-corrected chi connectivity index (χ1v) is 11.2. The molecule has 0 aliphatic carbocycles. The van der Waals surface area contributed by atoms with Crippen LogP contribution in [0.5, 0.6) is 0 Å². The van der Waals surface area contributed by atoms with Crippen molar-refractivity contribution in [2.75, 3.05) is 10.6 Å².